The lowest BCUT2D eigenvalue weighted by Crippen LogP contribution is -2.30. The molecule has 2 N–H and O–H groups in total. The van der Waals surface area contributed by atoms with E-state index in [1.54, 1.807) is 27.7 Å². The molecule has 0 radical (unpaired) electrons. The van der Waals surface area contributed by atoms with E-state index in [-0.39, 0.29) is 15.5 Å². The number of benzene rings is 1. The fourth-order valence-electron chi connectivity index (χ4n) is 2.55. The van der Waals surface area contributed by atoms with Crippen LogP contribution in [0.5, 0.6) is 0 Å². The third-order valence-corrected chi connectivity index (χ3v) is 7.49. The minimum Gasteiger partial charge on any atom is -0.281 e. The standard InChI is InChI=1S/C15H22N4O4S2/c1-5-19(6-2)25(22,23)14-9-7-13(8-10-14)18-24(20,21)15-11(3)16-17-12(15)4/h7-10,18H,5-6H2,1-4H3,(H,16,17). The van der Waals surface area contributed by atoms with Gasteiger partial charge in [0.15, 0.2) is 0 Å². The average molecular weight is 386 g/mol. The molecular formula is C15H22N4O4S2. The molecule has 0 fully saturated rings. The molecule has 0 unspecified atom stereocenters. The fraction of sp³-hybridized carbons (Fsp3) is 0.400. The van der Waals surface area contributed by atoms with Crippen molar-refractivity contribution in [3.63, 3.8) is 0 Å². The van der Waals surface area contributed by atoms with Crippen LogP contribution < -0.4 is 4.72 Å². The summed E-state index contributed by atoms with van der Waals surface area (Å²) >= 11 is 0. The van der Waals surface area contributed by atoms with Crippen LogP contribution in [0.3, 0.4) is 0 Å². The molecule has 0 saturated heterocycles. The smallest absolute Gasteiger partial charge is 0.265 e. The Morgan fingerprint density at radius 1 is 1.04 bits per heavy atom. The third-order valence-electron chi connectivity index (χ3n) is 3.78. The number of hydrogen-bond acceptors (Lipinski definition) is 5. The average Bonchev–Trinajstić information content (AvgIpc) is 2.88. The Morgan fingerprint density at radius 3 is 2.04 bits per heavy atom. The number of H-pyrrole nitrogens is 1. The van der Waals surface area contributed by atoms with Crippen LogP contribution in [0.2, 0.25) is 0 Å². The van der Waals surface area contributed by atoms with E-state index in [0.29, 0.717) is 24.5 Å². The second-order valence-corrected chi connectivity index (χ2v) is 9.04. The van der Waals surface area contributed by atoms with Crippen LogP contribution in [0, 0.1) is 13.8 Å². The van der Waals surface area contributed by atoms with Crippen LogP contribution in [0.1, 0.15) is 25.2 Å². The van der Waals surface area contributed by atoms with E-state index >= 15 is 0 Å². The van der Waals surface area contributed by atoms with Gasteiger partial charge in [-0.25, -0.2) is 16.8 Å². The molecule has 1 aromatic heterocycles. The van der Waals surface area contributed by atoms with Gasteiger partial charge in [0.2, 0.25) is 10.0 Å². The van der Waals surface area contributed by atoms with Crippen LogP contribution in [-0.4, -0.2) is 44.4 Å². The summed E-state index contributed by atoms with van der Waals surface area (Å²) in [5.74, 6) is 0. The van der Waals surface area contributed by atoms with Gasteiger partial charge in [0, 0.05) is 18.8 Å². The van der Waals surface area contributed by atoms with E-state index in [9.17, 15) is 16.8 Å². The minimum absolute atomic E-state index is 0.0901. The van der Waals surface area contributed by atoms with Crippen molar-refractivity contribution < 1.29 is 16.8 Å². The quantitative estimate of drug-likeness (QED) is 0.754. The van der Waals surface area contributed by atoms with Crippen molar-refractivity contribution in [3.05, 3.63) is 35.7 Å². The summed E-state index contributed by atoms with van der Waals surface area (Å²) in [5, 5.41) is 6.51. The Labute approximate surface area is 148 Å². The number of nitrogens with zero attached hydrogens (tertiary/aromatic N) is 2. The summed E-state index contributed by atoms with van der Waals surface area (Å²) in [4.78, 5) is 0.210. The van der Waals surface area contributed by atoms with E-state index in [1.807, 2.05) is 0 Å². The normalized spacial score (nSPS) is 12.5. The first kappa shape index (κ1) is 19.4. The van der Waals surface area contributed by atoms with Crippen molar-refractivity contribution in [1.29, 1.82) is 0 Å². The third kappa shape index (κ3) is 3.86. The zero-order valence-electron chi connectivity index (χ0n) is 14.6. The highest BCUT2D eigenvalue weighted by Gasteiger charge is 2.24. The zero-order chi connectivity index (χ0) is 18.8. The first-order valence-electron chi connectivity index (χ1n) is 7.78. The molecule has 8 nitrogen and oxygen atoms in total. The minimum atomic E-state index is -3.81. The van der Waals surface area contributed by atoms with Crippen molar-refractivity contribution >= 4 is 25.7 Å². The summed E-state index contributed by atoms with van der Waals surface area (Å²) in [7, 11) is -7.39. The molecule has 0 bridgehead atoms. The molecule has 0 spiro atoms. The molecule has 1 heterocycles. The van der Waals surface area contributed by atoms with Crippen LogP contribution in [0.25, 0.3) is 0 Å². The predicted octanol–water partition coefficient (Wildman–Crippen LogP) is 1.86. The summed E-state index contributed by atoms with van der Waals surface area (Å²) in [6, 6.07) is 5.64. The Hall–Kier alpha value is -1.91. The molecule has 0 amide bonds. The van der Waals surface area contributed by atoms with Crippen LogP contribution in [0.4, 0.5) is 5.69 Å². The van der Waals surface area contributed by atoms with Crippen LogP contribution >= 0.6 is 0 Å². The second-order valence-electron chi connectivity index (χ2n) is 5.48. The Balaban J connectivity index is 2.30. The first-order valence-corrected chi connectivity index (χ1v) is 10.7. The van der Waals surface area contributed by atoms with Gasteiger partial charge in [-0.05, 0) is 38.1 Å². The summed E-state index contributed by atoms with van der Waals surface area (Å²) in [6.07, 6.45) is 0. The topological polar surface area (TPSA) is 112 Å². The molecule has 1 aromatic carbocycles. The number of rotatable bonds is 7. The number of sulfonamides is 2. The number of anilines is 1. The highest BCUT2D eigenvalue weighted by molar-refractivity contribution is 7.92. The van der Waals surface area contributed by atoms with E-state index < -0.39 is 20.0 Å². The molecule has 138 valence electrons. The molecule has 0 saturated carbocycles. The van der Waals surface area contributed by atoms with E-state index in [2.05, 4.69) is 14.9 Å². The van der Waals surface area contributed by atoms with E-state index in [4.69, 9.17) is 0 Å². The number of hydrogen-bond donors (Lipinski definition) is 2. The lowest BCUT2D eigenvalue weighted by molar-refractivity contribution is 0.445. The number of nitrogens with one attached hydrogen (secondary N) is 2. The highest BCUT2D eigenvalue weighted by Crippen LogP contribution is 2.23. The molecule has 0 atom stereocenters. The SMILES string of the molecule is CCN(CC)S(=O)(=O)c1ccc(NS(=O)(=O)c2c(C)n[nH]c2C)cc1. The maximum Gasteiger partial charge on any atom is 0.265 e. The van der Waals surface area contributed by atoms with Crippen molar-refractivity contribution in [2.45, 2.75) is 37.5 Å². The molecule has 2 rings (SSSR count). The van der Waals surface area contributed by atoms with Crippen LogP contribution in [-0.2, 0) is 20.0 Å². The second kappa shape index (κ2) is 7.14. The maximum absolute atomic E-state index is 12.5. The van der Waals surface area contributed by atoms with Crippen LogP contribution in [0.15, 0.2) is 34.1 Å². The zero-order valence-corrected chi connectivity index (χ0v) is 16.2. The summed E-state index contributed by atoms with van der Waals surface area (Å²) in [6.45, 7) is 7.48. The Kier molecular flexibility index (Phi) is 5.55. The first-order chi connectivity index (χ1) is 11.6. The summed E-state index contributed by atoms with van der Waals surface area (Å²) in [5.41, 5.74) is 1.08. The molecule has 25 heavy (non-hydrogen) atoms. The van der Waals surface area contributed by atoms with E-state index in [0.717, 1.165) is 0 Å². The Bertz CT molecular complexity index is 924. The molecule has 0 aliphatic heterocycles. The molecule has 2 aromatic rings. The van der Waals surface area contributed by atoms with Gasteiger partial charge in [-0.2, -0.15) is 9.40 Å². The lowest BCUT2D eigenvalue weighted by Gasteiger charge is -2.18. The van der Waals surface area contributed by atoms with Gasteiger partial charge in [0.05, 0.1) is 16.3 Å². The molecule has 0 aliphatic carbocycles. The fourth-order valence-corrected chi connectivity index (χ4v) is 5.44. The van der Waals surface area contributed by atoms with Gasteiger partial charge >= 0.3 is 0 Å². The van der Waals surface area contributed by atoms with Gasteiger partial charge in [-0.3, -0.25) is 9.82 Å². The van der Waals surface area contributed by atoms with Gasteiger partial charge in [0.25, 0.3) is 10.0 Å². The predicted molar refractivity (Wildman–Crippen MR) is 95.4 cm³/mol. The Morgan fingerprint density at radius 2 is 1.60 bits per heavy atom. The van der Waals surface area contributed by atoms with Crippen molar-refractivity contribution in [1.82, 2.24) is 14.5 Å². The number of aromatic nitrogens is 2. The van der Waals surface area contributed by atoms with E-state index in [1.165, 1.54) is 28.6 Å². The van der Waals surface area contributed by atoms with Gasteiger partial charge < -0.3 is 0 Å². The van der Waals surface area contributed by atoms with Gasteiger partial charge in [-0.15, -0.1) is 0 Å². The van der Waals surface area contributed by atoms with Gasteiger partial charge in [-0.1, -0.05) is 13.8 Å². The van der Waals surface area contributed by atoms with Gasteiger partial charge in [0.1, 0.15) is 4.90 Å². The number of aryl methyl sites for hydroxylation is 2. The maximum atomic E-state index is 12.5. The van der Waals surface area contributed by atoms with Crippen molar-refractivity contribution in [3.8, 4) is 0 Å². The molecule has 0 aliphatic rings. The molecule has 10 heteroatoms. The summed E-state index contributed by atoms with van der Waals surface area (Å²) < 4.78 is 53.6. The highest BCUT2D eigenvalue weighted by atomic mass is 32.2. The largest absolute Gasteiger partial charge is 0.281 e. The number of aromatic amines is 1. The monoisotopic (exact) mass is 386 g/mol. The lowest BCUT2D eigenvalue weighted by atomic mass is 10.3. The van der Waals surface area contributed by atoms with Crippen molar-refractivity contribution in [2.24, 2.45) is 0 Å². The van der Waals surface area contributed by atoms with Crippen molar-refractivity contribution in [2.75, 3.05) is 17.8 Å². The molecular weight excluding hydrogens is 364 g/mol.